The zero-order chi connectivity index (χ0) is 8.10. The summed E-state index contributed by atoms with van der Waals surface area (Å²) in [5.74, 6) is 0. The molecule has 0 spiro atoms. The lowest BCUT2D eigenvalue weighted by atomic mass is 10.6. The fourth-order valence-corrected chi connectivity index (χ4v) is 0.865. The minimum absolute atomic E-state index is 0.235. The van der Waals surface area contributed by atoms with Gasteiger partial charge in [-0.15, -0.1) is 0 Å². The summed E-state index contributed by atoms with van der Waals surface area (Å²) < 4.78 is 1.78. The van der Waals surface area contributed by atoms with E-state index in [4.69, 9.17) is 0 Å². The van der Waals surface area contributed by atoms with Gasteiger partial charge in [0.2, 0.25) is 0 Å². The third-order valence-electron chi connectivity index (χ3n) is 1.25. The van der Waals surface area contributed by atoms with Crippen molar-refractivity contribution in [3.63, 3.8) is 0 Å². The highest BCUT2D eigenvalue weighted by Crippen LogP contribution is 1.85. The number of thiol groups is 1. The molecule has 0 saturated heterocycles. The molecule has 4 nitrogen and oxygen atoms in total. The van der Waals surface area contributed by atoms with Crippen LogP contribution in [0.5, 0.6) is 0 Å². The normalized spacial score (nSPS) is 13.3. The molecule has 0 bridgehead atoms. The summed E-state index contributed by atoms with van der Waals surface area (Å²) >= 11 is 4.17. The molecule has 0 fully saturated rings. The van der Waals surface area contributed by atoms with E-state index in [0.29, 0.717) is 0 Å². The molecular weight excluding hydrogens is 160 g/mol. The van der Waals surface area contributed by atoms with Crippen LogP contribution in [0, 0.1) is 0 Å². The first-order chi connectivity index (χ1) is 5.29. The van der Waals surface area contributed by atoms with E-state index in [0.717, 1.165) is 13.1 Å². The minimum Gasteiger partial charge on any atom is -0.304 e. The van der Waals surface area contributed by atoms with Crippen molar-refractivity contribution in [3.8, 4) is 0 Å². The molecule has 0 amide bonds. The van der Waals surface area contributed by atoms with Gasteiger partial charge in [-0.2, -0.15) is 17.7 Å². The molecule has 1 aromatic heterocycles. The highest BCUT2D eigenvalue weighted by atomic mass is 32.1. The van der Waals surface area contributed by atoms with Crippen molar-refractivity contribution in [1.29, 1.82) is 0 Å². The fourth-order valence-electron chi connectivity index (χ4n) is 0.736. The lowest BCUT2D eigenvalue weighted by Crippen LogP contribution is -2.25. The van der Waals surface area contributed by atoms with Crippen LogP contribution in [0.2, 0.25) is 0 Å². The van der Waals surface area contributed by atoms with E-state index >= 15 is 0 Å². The first-order valence-electron chi connectivity index (χ1n) is 3.53. The molecule has 1 aromatic rings. The predicted octanol–water partition coefficient (Wildman–Crippen LogP) is 0.143. The van der Waals surface area contributed by atoms with Gasteiger partial charge in [0.1, 0.15) is 12.7 Å². The van der Waals surface area contributed by atoms with Crippen LogP contribution < -0.4 is 5.32 Å². The van der Waals surface area contributed by atoms with Gasteiger partial charge in [-0.1, -0.05) is 0 Å². The molecule has 11 heavy (non-hydrogen) atoms. The molecule has 0 aliphatic carbocycles. The van der Waals surface area contributed by atoms with Crippen molar-refractivity contribution in [2.24, 2.45) is 0 Å². The van der Waals surface area contributed by atoms with Crippen LogP contribution in [-0.4, -0.2) is 26.7 Å². The van der Waals surface area contributed by atoms with Gasteiger partial charge in [0.25, 0.3) is 0 Å². The number of hydrogen-bond donors (Lipinski definition) is 2. The second kappa shape index (κ2) is 4.35. The zero-order valence-electron chi connectivity index (χ0n) is 6.44. The molecular formula is C6H12N4S. The number of hydrogen-bond acceptors (Lipinski definition) is 4. The van der Waals surface area contributed by atoms with E-state index in [1.807, 2.05) is 6.92 Å². The highest BCUT2D eigenvalue weighted by Gasteiger charge is 1.93. The van der Waals surface area contributed by atoms with E-state index in [1.54, 1.807) is 11.0 Å². The minimum atomic E-state index is 0.235. The summed E-state index contributed by atoms with van der Waals surface area (Å²) in [6, 6.07) is 0. The Bertz CT molecular complexity index is 184. The first kappa shape index (κ1) is 8.55. The van der Waals surface area contributed by atoms with Gasteiger partial charge in [-0.3, -0.25) is 4.68 Å². The van der Waals surface area contributed by atoms with Crippen molar-refractivity contribution in [1.82, 2.24) is 20.1 Å². The maximum Gasteiger partial charge on any atom is 0.137 e. The second-order valence-electron chi connectivity index (χ2n) is 2.29. The number of aromatic nitrogens is 3. The van der Waals surface area contributed by atoms with Crippen molar-refractivity contribution < 1.29 is 0 Å². The van der Waals surface area contributed by atoms with Crippen LogP contribution in [0.4, 0.5) is 0 Å². The SMILES string of the molecule is CC(S)NCCn1cncn1. The van der Waals surface area contributed by atoms with Gasteiger partial charge in [-0.25, -0.2) is 4.98 Å². The Morgan fingerprint density at radius 2 is 2.55 bits per heavy atom. The Labute approximate surface area is 71.4 Å². The smallest absolute Gasteiger partial charge is 0.137 e. The second-order valence-corrected chi connectivity index (χ2v) is 3.06. The third-order valence-corrected chi connectivity index (χ3v) is 1.43. The summed E-state index contributed by atoms with van der Waals surface area (Å²) in [4.78, 5) is 3.82. The van der Waals surface area contributed by atoms with Crippen molar-refractivity contribution in [2.75, 3.05) is 6.54 Å². The van der Waals surface area contributed by atoms with Crippen molar-refractivity contribution in [2.45, 2.75) is 18.8 Å². The zero-order valence-corrected chi connectivity index (χ0v) is 7.33. The van der Waals surface area contributed by atoms with Crippen LogP contribution in [0.15, 0.2) is 12.7 Å². The Hall–Kier alpha value is -0.550. The maximum atomic E-state index is 4.17. The highest BCUT2D eigenvalue weighted by molar-refractivity contribution is 7.80. The Morgan fingerprint density at radius 3 is 3.09 bits per heavy atom. The third kappa shape index (κ3) is 3.38. The van der Waals surface area contributed by atoms with Crippen LogP contribution in [0.3, 0.4) is 0 Å². The summed E-state index contributed by atoms with van der Waals surface area (Å²) in [5, 5.41) is 7.35. The monoisotopic (exact) mass is 172 g/mol. The Kier molecular flexibility index (Phi) is 3.38. The molecule has 1 rings (SSSR count). The largest absolute Gasteiger partial charge is 0.304 e. The summed E-state index contributed by atoms with van der Waals surface area (Å²) in [5.41, 5.74) is 0. The quantitative estimate of drug-likeness (QED) is 0.501. The fraction of sp³-hybridized carbons (Fsp3) is 0.667. The van der Waals surface area contributed by atoms with E-state index in [9.17, 15) is 0 Å². The molecule has 5 heteroatoms. The average Bonchev–Trinajstić information content (AvgIpc) is 2.39. The van der Waals surface area contributed by atoms with Gasteiger partial charge in [0.15, 0.2) is 0 Å². The number of rotatable bonds is 4. The van der Waals surface area contributed by atoms with Crippen LogP contribution in [0.1, 0.15) is 6.92 Å². The van der Waals surface area contributed by atoms with E-state index < -0.39 is 0 Å². The molecule has 0 radical (unpaired) electrons. The maximum absolute atomic E-state index is 4.17. The average molecular weight is 172 g/mol. The number of nitrogens with zero attached hydrogens (tertiary/aromatic N) is 3. The van der Waals surface area contributed by atoms with E-state index in [1.165, 1.54) is 6.33 Å². The van der Waals surface area contributed by atoms with Gasteiger partial charge in [-0.05, 0) is 6.92 Å². The van der Waals surface area contributed by atoms with E-state index in [2.05, 4.69) is 28.0 Å². The molecule has 0 aromatic carbocycles. The van der Waals surface area contributed by atoms with Crippen LogP contribution in [-0.2, 0) is 6.54 Å². The summed E-state index contributed by atoms with van der Waals surface area (Å²) in [7, 11) is 0. The molecule has 0 aliphatic rings. The Morgan fingerprint density at radius 1 is 1.73 bits per heavy atom. The molecule has 1 unspecified atom stereocenters. The molecule has 0 saturated carbocycles. The standard InChI is InChI=1S/C6H12N4S/c1-6(11)8-2-3-10-5-7-4-9-10/h4-6,8,11H,2-3H2,1H3. The molecule has 62 valence electrons. The number of nitrogens with one attached hydrogen (secondary N) is 1. The van der Waals surface area contributed by atoms with Gasteiger partial charge in [0.05, 0.1) is 6.54 Å². The van der Waals surface area contributed by atoms with Crippen LogP contribution in [0.25, 0.3) is 0 Å². The van der Waals surface area contributed by atoms with Gasteiger partial charge < -0.3 is 5.32 Å². The van der Waals surface area contributed by atoms with Crippen LogP contribution >= 0.6 is 12.6 Å². The topological polar surface area (TPSA) is 42.7 Å². The molecule has 1 heterocycles. The molecule has 1 atom stereocenters. The first-order valence-corrected chi connectivity index (χ1v) is 4.04. The lowest BCUT2D eigenvalue weighted by molar-refractivity contribution is 0.554. The molecule has 1 N–H and O–H groups in total. The predicted molar refractivity (Wildman–Crippen MR) is 46.5 cm³/mol. The van der Waals surface area contributed by atoms with Crippen molar-refractivity contribution >= 4 is 12.6 Å². The summed E-state index contributed by atoms with van der Waals surface area (Å²) in [6.45, 7) is 3.70. The summed E-state index contributed by atoms with van der Waals surface area (Å²) in [6.07, 6.45) is 3.23. The van der Waals surface area contributed by atoms with Gasteiger partial charge in [0, 0.05) is 11.9 Å². The van der Waals surface area contributed by atoms with Gasteiger partial charge >= 0.3 is 0 Å². The Balaban J connectivity index is 2.14. The lowest BCUT2D eigenvalue weighted by Gasteiger charge is -2.05. The molecule has 0 aliphatic heterocycles. The van der Waals surface area contributed by atoms with Crippen molar-refractivity contribution in [3.05, 3.63) is 12.7 Å². The van der Waals surface area contributed by atoms with E-state index in [-0.39, 0.29) is 5.37 Å².